The second-order valence-corrected chi connectivity index (χ2v) is 4.32. The Balaban J connectivity index is 1.79. The molecule has 1 fully saturated rings. The first kappa shape index (κ1) is 10.4. The van der Waals surface area contributed by atoms with E-state index in [0.717, 1.165) is 19.5 Å². The van der Waals surface area contributed by atoms with Crippen molar-refractivity contribution in [2.75, 3.05) is 13.1 Å². The van der Waals surface area contributed by atoms with Gasteiger partial charge in [0.25, 0.3) is 0 Å². The molecule has 2 aromatic heterocycles. The second-order valence-electron chi connectivity index (χ2n) is 4.32. The van der Waals surface area contributed by atoms with Crippen molar-refractivity contribution in [2.24, 2.45) is 5.92 Å². The molecule has 1 aliphatic heterocycles. The quantitative estimate of drug-likeness (QED) is 0.781. The molecule has 1 aliphatic rings. The average molecular weight is 234 g/mol. The van der Waals surface area contributed by atoms with E-state index < -0.39 is 0 Å². The molecule has 17 heavy (non-hydrogen) atoms. The van der Waals surface area contributed by atoms with Gasteiger partial charge in [0.2, 0.25) is 5.88 Å². The smallest absolute Gasteiger partial charge is 0.233 e. The highest BCUT2D eigenvalue weighted by Gasteiger charge is 2.23. The third kappa shape index (κ3) is 2.05. The normalized spacial score (nSPS) is 25.0. The third-order valence-electron chi connectivity index (χ3n) is 3.07. The Morgan fingerprint density at radius 2 is 2.41 bits per heavy atom. The molecule has 0 aromatic carbocycles. The molecule has 0 spiro atoms. The van der Waals surface area contributed by atoms with Gasteiger partial charge in [-0.2, -0.15) is 0 Å². The van der Waals surface area contributed by atoms with Crippen LogP contribution < -0.4 is 10.1 Å². The van der Waals surface area contributed by atoms with E-state index >= 15 is 0 Å². The first-order valence-corrected chi connectivity index (χ1v) is 5.76. The predicted octanol–water partition coefficient (Wildman–Crippen LogP) is -0.104. The monoisotopic (exact) mass is 234 g/mol. The van der Waals surface area contributed by atoms with Crippen LogP contribution in [0.4, 0.5) is 0 Å². The Hall–Kier alpha value is -1.76. The van der Waals surface area contributed by atoms with E-state index in [-0.39, 0.29) is 6.10 Å². The van der Waals surface area contributed by atoms with Gasteiger partial charge in [-0.25, -0.2) is 0 Å². The van der Waals surface area contributed by atoms with Crippen LogP contribution in [0.15, 0.2) is 12.1 Å². The summed E-state index contributed by atoms with van der Waals surface area (Å²) in [6.45, 7) is 4.11. The van der Waals surface area contributed by atoms with Crippen molar-refractivity contribution in [3.63, 3.8) is 0 Å². The number of nitrogens with zero attached hydrogens (tertiary/aromatic N) is 5. The number of hydrogen-bond donors (Lipinski definition) is 1. The SMILES string of the molecule is CC1CCNCC1Oc1ccc2nnnn2n1. The van der Waals surface area contributed by atoms with Gasteiger partial charge in [0.05, 0.1) is 0 Å². The van der Waals surface area contributed by atoms with Crippen molar-refractivity contribution in [3.05, 3.63) is 12.1 Å². The summed E-state index contributed by atoms with van der Waals surface area (Å²) >= 11 is 0. The zero-order valence-corrected chi connectivity index (χ0v) is 9.58. The zero-order valence-electron chi connectivity index (χ0n) is 9.58. The summed E-state index contributed by atoms with van der Waals surface area (Å²) in [5.74, 6) is 1.09. The summed E-state index contributed by atoms with van der Waals surface area (Å²) in [6, 6.07) is 3.59. The number of fused-ring (bicyclic) bond motifs is 1. The molecule has 90 valence electrons. The van der Waals surface area contributed by atoms with Crippen molar-refractivity contribution in [1.82, 2.24) is 30.6 Å². The van der Waals surface area contributed by atoms with Gasteiger partial charge in [0.15, 0.2) is 5.65 Å². The molecule has 0 radical (unpaired) electrons. The van der Waals surface area contributed by atoms with Crippen molar-refractivity contribution >= 4 is 5.65 Å². The Morgan fingerprint density at radius 1 is 1.47 bits per heavy atom. The molecule has 2 aromatic rings. The highest BCUT2D eigenvalue weighted by atomic mass is 16.5. The van der Waals surface area contributed by atoms with Gasteiger partial charge < -0.3 is 10.1 Å². The Bertz CT molecular complexity index is 512. The Morgan fingerprint density at radius 3 is 3.29 bits per heavy atom. The molecule has 0 bridgehead atoms. The van der Waals surface area contributed by atoms with Crippen LogP contribution in [0.5, 0.6) is 5.88 Å². The van der Waals surface area contributed by atoms with Gasteiger partial charge in [-0.15, -0.1) is 14.8 Å². The molecular weight excluding hydrogens is 220 g/mol. The zero-order chi connectivity index (χ0) is 11.7. The molecular formula is C10H14N6O. The van der Waals surface area contributed by atoms with Crippen molar-refractivity contribution in [2.45, 2.75) is 19.4 Å². The largest absolute Gasteiger partial charge is 0.472 e. The van der Waals surface area contributed by atoms with E-state index in [1.54, 1.807) is 12.1 Å². The molecule has 7 heteroatoms. The molecule has 0 amide bonds. The van der Waals surface area contributed by atoms with Gasteiger partial charge in [0.1, 0.15) is 6.10 Å². The summed E-state index contributed by atoms with van der Waals surface area (Å²) in [7, 11) is 0. The van der Waals surface area contributed by atoms with E-state index in [1.807, 2.05) is 0 Å². The second kappa shape index (κ2) is 4.25. The summed E-state index contributed by atoms with van der Waals surface area (Å²) < 4.78 is 7.23. The first-order chi connectivity index (χ1) is 8.33. The minimum atomic E-state index is 0.158. The van der Waals surface area contributed by atoms with Crippen molar-refractivity contribution in [3.8, 4) is 5.88 Å². The summed E-state index contributed by atoms with van der Waals surface area (Å²) in [4.78, 5) is 0. The highest BCUT2D eigenvalue weighted by molar-refractivity contribution is 5.34. The fourth-order valence-electron chi connectivity index (χ4n) is 1.97. The lowest BCUT2D eigenvalue weighted by atomic mass is 9.97. The lowest BCUT2D eigenvalue weighted by Gasteiger charge is -2.29. The number of aromatic nitrogens is 5. The average Bonchev–Trinajstić information content (AvgIpc) is 2.79. The number of nitrogens with one attached hydrogen (secondary N) is 1. The molecule has 3 heterocycles. The fourth-order valence-corrected chi connectivity index (χ4v) is 1.97. The lowest BCUT2D eigenvalue weighted by molar-refractivity contribution is 0.108. The Labute approximate surface area is 98.1 Å². The maximum Gasteiger partial charge on any atom is 0.233 e. The minimum absolute atomic E-state index is 0.158. The standard InChI is InChI=1S/C10H14N6O/c1-7-4-5-11-6-8(7)17-10-3-2-9-12-14-15-16(9)13-10/h2-3,7-8,11H,4-6H2,1H3. The third-order valence-corrected chi connectivity index (χ3v) is 3.07. The van der Waals surface area contributed by atoms with Crippen LogP contribution in [-0.2, 0) is 0 Å². The van der Waals surface area contributed by atoms with E-state index in [1.165, 1.54) is 4.63 Å². The number of ether oxygens (including phenoxy) is 1. The van der Waals surface area contributed by atoms with Gasteiger partial charge in [-0.3, -0.25) is 0 Å². The van der Waals surface area contributed by atoms with Crippen LogP contribution in [0, 0.1) is 5.92 Å². The number of hydrogen-bond acceptors (Lipinski definition) is 6. The lowest BCUT2D eigenvalue weighted by Crippen LogP contribution is -2.43. The van der Waals surface area contributed by atoms with Gasteiger partial charge in [-0.1, -0.05) is 6.92 Å². The molecule has 3 rings (SSSR count). The minimum Gasteiger partial charge on any atom is -0.472 e. The molecule has 2 atom stereocenters. The van der Waals surface area contributed by atoms with Crippen LogP contribution in [0.3, 0.4) is 0 Å². The van der Waals surface area contributed by atoms with Crippen LogP contribution >= 0.6 is 0 Å². The van der Waals surface area contributed by atoms with Gasteiger partial charge in [0, 0.05) is 12.6 Å². The fraction of sp³-hybridized carbons (Fsp3) is 0.600. The molecule has 0 aliphatic carbocycles. The van der Waals surface area contributed by atoms with Crippen LogP contribution in [0.25, 0.3) is 5.65 Å². The Kier molecular flexibility index (Phi) is 2.60. The van der Waals surface area contributed by atoms with Crippen LogP contribution in [0.1, 0.15) is 13.3 Å². The maximum absolute atomic E-state index is 5.86. The van der Waals surface area contributed by atoms with Gasteiger partial charge >= 0.3 is 0 Å². The van der Waals surface area contributed by atoms with Crippen LogP contribution in [-0.4, -0.2) is 44.4 Å². The van der Waals surface area contributed by atoms with Gasteiger partial charge in [-0.05, 0) is 35.4 Å². The molecule has 1 saturated heterocycles. The van der Waals surface area contributed by atoms with E-state index in [4.69, 9.17) is 4.74 Å². The summed E-state index contributed by atoms with van der Waals surface area (Å²) in [5.41, 5.74) is 0.618. The summed E-state index contributed by atoms with van der Waals surface area (Å²) in [6.07, 6.45) is 1.28. The van der Waals surface area contributed by atoms with E-state index in [2.05, 4.69) is 32.9 Å². The van der Waals surface area contributed by atoms with Crippen LogP contribution in [0.2, 0.25) is 0 Å². The number of piperidine rings is 1. The topological polar surface area (TPSA) is 77.2 Å². The van der Waals surface area contributed by atoms with Crippen molar-refractivity contribution < 1.29 is 4.74 Å². The number of tetrazole rings is 1. The molecule has 7 nitrogen and oxygen atoms in total. The number of rotatable bonds is 2. The predicted molar refractivity (Wildman–Crippen MR) is 59.6 cm³/mol. The maximum atomic E-state index is 5.86. The summed E-state index contributed by atoms with van der Waals surface area (Å²) in [5, 5.41) is 18.6. The molecule has 1 N–H and O–H groups in total. The van der Waals surface area contributed by atoms with Crippen molar-refractivity contribution in [1.29, 1.82) is 0 Å². The molecule has 0 saturated carbocycles. The van der Waals surface area contributed by atoms with E-state index in [0.29, 0.717) is 17.4 Å². The highest BCUT2D eigenvalue weighted by Crippen LogP contribution is 2.17. The first-order valence-electron chi connectivity index (χ1n) is 5.76. The van der Waals surface area contributed by atoms with E-state index in [9.17, 15) is 0 Å². The molecule has 2 unspecified atom stereocenters.